The normalized spacial score (nSPS) is 13.4. The van der Waals surface area contributed by atoms with E-state index in [1.165, 1.54) is 18.3 Å². The van der Waals surface area contributed by atoms with E-state index in [2.05, 4.69) is 5.32 Å². The molecule has 1 saturated carbocycles. The molecule has 1 aliphatic rings. The third kappa shape index (κ3) is 5.47. The average molecular weight is 252 g/mol. The van der Waals surface area contributed by atoms with Crippen LogP contribution in [0.25, 0.3) is 0 Å². The van der Waals surface area contributed by atoms with Gasteiger partial charge in [0.25, 0.3) is 0 Å². The number of nitrogens with one attached hydrogen (secondary N) is 2. The lowest BCUT2D eigenvalue weighted by Crippen LogP contribution is -2.32. The summed E-state index contributed by atoms with van der Waals surface area (Å²) >= 11 is 0. The van der Waals surface area contributed by atoms with Gasteiger partial charge in [-0.1, -0.05) is 5.57 Å². The van der Waals surface area contributed by atoms with Crippen LogP contribution in [0.4, 0.5) is 0 Å². The van der Waals surface area contributed by atoms with Crippen molar-refractivity contribution in [2.75, 3.05) is 13.1 Å². The second-order valence-electron chi connectivity index (χ2n) is 4.32. The Kier molecular flexibility index (Phi) is 5.90. The molecule has 4 N–H and O–H groups in total. The first-order valence-corrected chi connectivity index (χ1v) is 6.12. The number of carbonyl (C=O) groups excluding carboxylic acids is 2. The highest BCUT2D eigenvalue weighted by atomic mass is 16.2. The number of nitrogens with two attached hydrogens (primary N) is 1. The van der Waals surface area contributed by atoms with E-state index in [-0.39, 0.29) is 18.7 Å². The molecule has 1 fully saturated rings. The molecule has 0 aromatic carbocycles. The predicted octanol–water partition coefficient (Wildman–Crippen LogP) is 0.345. The number of hydrogen-bond donors (Lipinski definition) is 3. The molecule has 0 saturated heterocycles. The summed E-state index contributed by atoms with van der Waals surface area (Å²) < 4.78 is 0. The first kappa shape index (κ1) is 14.2. The molecule has 0 atom stereocenters. The summed E-state index contributed by atoms with van der Waals surface area (Å²) in [5.41, 5.74) is 6.30. The minimum atomic E-state index is -0.471. The summed E-state index contributed by atoms with van der Waals surface area (Å²) in [7, 11) is 0. The monoisotopic (exact) mass is 252 g/mol. The van der Waals surface area contributed by atoms with Gasteiger partial charge in [-0.15, -0.1) is 0 Å². The summed E-state index contributed by atoms with van der Waals surface area (Å²) in [6, 6.07) is 0. The quantitative estimate of drug-likeness (QED) is 0.429. The summed E-state index contributed by atoms with van der Waals surface area (Å²) in [5, 5.41) is 9.95. The number of carbonyl (C=O) groups is 2. The van der Waals surface area contributed by atoms with Crippen molar-refractivity contribution in [2.45, 2.75) is 32.1 Å². The van der Waals surface area contributed by atoms with Gasteiger partial charge in [-0.2, -0.15) is 0 Å². The van der Waals surface area contributed by atoms with Crippen LogP contribution in [-0.4, -0.2) is 36.1 Å². The van der Waals surface area contributed by atoms with E-state index in [4.69, 9.17) is 11.1 Å². The van der Waals surface area contributed by atoms with E-state index in [0.717, 1.165) is 12.8 Å². The fourth-order valence-corrected chi connectivity index (χ4v) is 1.56. The molecule has 1 aliphatic carbocycles. The van der Waals surface area contributed by atoms with Gasteiger partial charge in [0.15, 0.2) is 0 Å². The van der Waals surface area contributed by atoms with Crippen LogP contribution in [0.1, 0.15) is 32.1 Å². The van der Waals surface area contributed by atoms with Gasteiger partial charge >= 0.3 is 0 Å². The molecule has 100 valence electrons. The second kappa shape index (κ2) is 7.47. The molecule has 0 unspecified atom stereocenters. The Morgan fingerprint density at radius 2 is 2.11 bits per heavy atom. The van der Waals surface area contributed by atoms with Gasteiger partial charge in [-0.3, -0.25) is 15.0 Å². The largest absolute Gasteiger partial charge is 0.370 e. The third-order valence-electron chi connectivity index (χ3n) is 2.80. The number of hydrogen-bond acceptors (Lipinski definition) is 3. The fraction of sp³-hybridized carbons (Fsp3) is 0.583. The standard InChI is InChI=1S/C12H20N4O2/c13-9-16(8-10-2-1-3-10)7-6-15-12(18)5-4-11(14)17/h8-9,13H,1-7H2,(H2,14,17)(H,15,18). The smallest absolute Gasteiger partial charge is 0.220 e. The molecule has 2 amide bonds. The minimum Gasteiger partial charge on any atom is -0.370 e. The lowest BCUT2D eigenvalue weighted by Gasteiger charge is -2.21. The average Bonchev–Trinajstić information content (AvgIpc) is 2.28. The maximum absolute atomic E-state index is 11.3. The van der Waals surface area contributed by atoms with Gasteiger partial charge in [0.2, 0.25) is 11.8 Å². The Bertz CT molecular complexity index is 346. The van der Waals surface area contributed by atoms with Gasteiger partial charge < -0.3 is 16.0 Å². The van der Waals surface area contributed by atoms with Crippen LogP contribution < -0.4 is 11.1 Å². The first-order valence-electron chi connectivity index (χ1n) is 6.12. The molecule has 1 rings (SSSR count). The molecular weight excluding hydrogens is 232 g/mol. The van der Waals surface area contributed by atoms with Crippen molar-refractivity contribution in [1.29, 1.82) is 5.41 Å². The first-order chi connectivity index (χ1) is 8.61. The van der Waals surface area contributed by atoms with E-state index >= 15 is 0 Å². The van der Waals surface area contributed by atoms with E-state index in [1.54, 1.807) is 4.90 Å². The number of nitrogens with zero attached hydrogens (tertiary/aromatic N) is 1. The Labute approximate surface area is 107 Å². The SMILES string of the molecule is N=CN(C=C1CCC1)CCNC(=O)CCC(N)=O. The van der Waals surface area contributed by atoms with Crippen LogP contribution in [0.15, 0.2) is 11.8 Å². The van der Waals surface area contributed by atoms with Gasteiger partial charge in [-0.05, 0) is 19.3 Å². The summed E-state index contributed by atoms with van der Waals surface area (Å²) in [5.74, 6) is -0.656. The van der Waals surface area contributed by atoms with Crippen molar-refractivity contribution in [3.8, 4) is 0 Å². The molecule has 0 radical (unpaired) electrons. The summed E-state index contributed by atoms with van der Waals surface area (Å²) in [6.07, 6.45) is 6.85. The highest BCUT2D eigenvalue weighted by molar-refractivity contribution is 5.82. The Balaban J connectivity index is 2.16. The van der Waals surface area contributed by atoms with Crippen LogP contribution in [0, 0.1) is 5.41 Å². The van der Waals surface area contributed by atoms with Crippen molar-refractivity contribution < 1.29 is 9.59 Å². The zero-order valence-corrected chi connectivity index (χ0v) is 10.4. The summed E-state index contributed by atoms with van der Waals surface area (Å²) in [6.45, 7) is 1.02. The van der Waals surface area contributed by atoms with Gasteiger partial charge in [-0.25, -0.2) is 0 Å². The highest BCUT2D eigenvalue weighted by Crippen LogP contribution is 2.25. The van der Waals surface area contributed by atoms with Crippen LogP contribution in [-0.2, 0) is 9.59 Å². The van der Waals surface area contributed by atoms with Crippen LogP contribution in [0.2, 0.25) is 0 Å². The molecule has 6 heteroatoms. The van der Waals surface area contributed by atoms with E-state index in [1.807, 2.05) is 6.20 Å². The molecule has 0 spiro atoms. The Hall–Kier alpha value is -1.85. The van der Waals surface area contributed by atoms with E-state index in [0.29, 0.717) is 13.1 Å². The van der Waals surface area contributed by atoms with Gasteiger partial charge in [0.05, 0.1) is 6.34 Å². The molecule has 0 bridgehead atoms. The van der Waals surface area contributed by atoms with Crippen LogP contribution in [0.3, 0.4) is 0 Å². The Morgan fingerprint density at radius 3 is 2.61 bits per heavy atom. The number of allylic oxidation sites excluding steroid dienone is 1. The zero-order valence-electron chi connectivity index (χ0n) is 10.4. The highest BCUT2D eigenvalue weighted by Gasteiger charge is 2.09. The summed E-state index contributed by atoms with van der Waals surface area (Å²) in [4.78, 5) is 23.5. The third-order valence-corrected chi connectivity index (χ3v) is 2.80. The van der Waals surface area contributed by atoms with Gasteiger partial charge in [0, 0.05) is 32.1 Å². The predicted molar refractivity (Wildman–Crippen MR) is 68.9 cm³/mol. The molecular formula is C12H20N4O2. The van der Waals surface area contributed by atoms with Crippen molar-refractivity contribution in [1.82, 2.24) is 10.2 Å². The zero-order chi connectivity index (χ0) is 13.4. The van der Waals surface area contributed by atoms with Crippen LogP contribution in [0.5, 0.6) is 0 Å². The maximum atomic E-state index is 11.3. The van der Waals surface area contributed by atoms with Crippen molar-refractivity contribution in [3.63, 3.8) is 0 Å². The lowest BCUT2D eigenvalue weighted by molar-refractivity contribution is -0.125. The van der Waals surface area contributed by atoms with E-state index < -0.39 is 5.91 Å². The molecule has 18 heavy (non-hydrogen) atoms. The van der Waals surface area contributed by atoms with E-state index in [9.17, 15) is 9.59 Å². The van der Waals surface area contributed by atoms with Crippen molar-refractivity contribution in [2.24, 2.45) is 5.73 Å². The Morgan fingerprint density at radius 1 is 1.39 bits per heavy atom. The van der Waals surface area contributed by atoms with Crippen molar-refractivity contribution >= 4 is 18.2 Å². The molecule has 0 heterocycles. The number of rotatable bonds is 8. The lowest BCUT2D eigenvalue weighted by atomic mass is 9.93. The molecule has 0 aliphatic heterocycles. The molecule has 0 aromatic heterocycles. The van der Waals surface area contributed by atoms with Crippen molar-refractivity contribution in [3.05, 3.63) is 11.8 Å². The number of amides is 2. The fourth-order valence-electron chi connectivity index (χ4n) is 1.56. The number of primary amides is 1. The second-order valence-corrected chi connectivity index (χ2v) is 4.32. The minimum absolute atomic E-state index is 0.0736. The molecule has 0 aromatic rings. The van der Waals surface area contributed by atoms with Gasteiger partial charge in [0.1, 0.15) is 0 Å². The van der Waals surface area contributed by atoms with Crippen LogP contribution >= 0.6 is 0 Å². The topological polar surface area (TPSA) is 99.3 Å². The molecule has 6 nitrogen and oxygen atoms in total. The maximum Gasteiger partial charge on any atom is 0.220 e.